The van der Waals surface area contributed by atoms with Gasteiger partial charge in [-0.2, -0.15) is 5.10 Å². The minimum absolute atomic E-state index is 0. The van der Waals surface area contributed by atoms with Gasteiger partial charge >= 0.3 is 29.6 Å². The zero-order valence-electron chi connectivity index (χ0n) is 17.3. The molecule has 0 aliphatic rings. The van der Waals surface area contributed by atoms with Gasteiger partial charge in [-0.15, -0.1) is 10.2 Å². The Balaban J connectivity index is 0.00000256. The fourth-order valence-electron chi connectivity index (χ4n) is 3.13. The van der Waals surface area contributed by atoms with Crippen LogP contribution in [0.3, 0.4) is 0 Å². The molecule has 0 aliphatic heterocycles. The van der Waals surface area contributed by atoms with Gasteiger partial charge in [0, 0.05) is 12.9 Å². The Morgan fingerprint density at radius 3 is 2.00 bits per heavy atom. The number of para-hydroxylation sites is 2. The first-order valence-corrected chi connectivity index (χ1v) is 9.07. The number of hydrogen-bond donors (Lipinski definition) is 0. The van der Waals surface area contributed by atoms with Crippen molar-refractivity contribution in [3.05, 3.63) is 82.4 Å². The molecule has 0 spiro atoms. The van der Waals surface area contributed by atoms with Gasteiger partial charge in [0.25, 0.3) is 5.56 Å². The first-order chi connectivity index (χ1) is 14.0. The smallest absolute Gasteiger partial charge is 0.857 e. The normalized spacial score (nSPS) is 11.0. The summed E-state index contributed by atoms with van der Waals surface area (Å²) in [7, 11) is 1.78. The zero-order valence-corrected chi connectivity index (χ0v) is 19.3. The molecule has 0 radical (unpaired) electrons. The molecule has 0 saturated carbocycles. The Bertz CT molecular complexity index is 1260. The van der Waals surface area contributed by atoms with E-state index in [1.165, 1.54) is 9.36 Å². The van der Waals surface area contributed by atoms with Gasteiger partial charge in [0.2, 0.25) is 0 Å². The van der Waals surface area contributed by atoms with Crippen LogP contribution in [0.5, 0.6) is 5.88 Å². The molecule has 0 bridgehead atoms. The maximum absolute atomic E-state index is 12.9. The summed E-state index contributed by atoms with van der Waals surface area (Å²) in [5, 5.41) is 25.2. The molecule has 30 heavy (non-hydrogen) atoms. The van der Waals surface area contributed by atoms with Crippen molar-refractivity contribution in [1.82, 2.24) is 19.1 Å². The molecule has 0 aliphatic carbocycles. The summed E-state index contributed by atoms with van der Waals surface area (Å²) < 4.78 is 4.51. The molecule has 2 heterocycles. The third kappa shape index (κ3) is 3.77. The van der Waals surface area contributed by atoms with Crippen molar-refractivity contribution in [3.63, 3.8) is 0 Å². The predicted molar refractivity (Wildman–Crippen MR) is 108 cm³/mol. The van der Waals surface area contributed by atoms with Crippen LogP contribution in [0.1, 0.15) is 11.4 Å². The second kappa shape index (κ2) is 8.83. The van der Waals surface area contributed by atoms with Gasteiger partial charge in [-0.05, 0) is 38.1 Å². The van der Waals surface area contributed by atoms with Crippen LogP contribution in [0, 0.1) is 13.8 Å². The summed E-state index contributed by atoms with van der Waals surface area (Å²) in [4.78, 5) is 12.9. The SMILES string of the molecule is Cc1nn(-c2ccccc2)c([O-])c1N=Nc1c(C)n(C)n(-c2ccccc2)c1=O.[Na+]. The topological polar surface area (TPSA) is 92.5 Å². The Labute approximate surface area is 195 Å². The Morgan fingerprint density at radius 2 is 1.40 bits per heavy atom. The van der Waals surface area contributed by atoms with Crippen LogP contribution in [0.25, 0.3) is 11.4 Å². The van der Waals surface area contributed by atoms with Crippen molar-refractivity contribution >= 4 is 11.4 Å². The molecule has 0 amide bonds. The van der Waals surface area contributed by atoms with E-state index in [-0.39, 0.29) is 52.4 Å². The zero-order chi connectivity index (χ0) is 20.5. The van der Waals surface area contributed by atoms with Gasteiger partial charge in [0.1, 0.15) is 5.69 Å². The van der Waals surface area contributed by atoms with Gasteiger partial charge in [-0.3, -0.25) is 9.48 Å². The number of nitrogens with zero attached hydrogens (tertiary/aromatic N) is 6. The first kappa shape index (κ1) is 21.8. The largest absolute Gasteiger partial charge is 1.00 e. The number of benzene rings is 2. The molecular formula is C21H19N6NaO2. The monoisotopic (exact) mass is 410 g/mol. The molecule has 0 saturated heterocycles. The van der Waals surface area contributed by atoms with Gasteiger partial charge in [-0.25, -0.2) is 9.36 Å². The van der Waals surface area contributed by atoms with Crippen molar-refractivity contribution in [3.8, 4) is 17.3 Å². The molecule has 2 aromatic heterocycles. The Kier molecular flexibility index (Phi) is 6.40. The minimum atomic E-state index is -0.380. The average molecular weight is 410 g/mol. The molecule has 4 rings (SSSR count). The second-order valence-electron chi connectivity index (χ2n) is 6.60. The van der Waals surface area contributed by atoms with E-state index in [9.17, 15) is 9.90 Å². The van der Waals surface area contributed by atoms with E-state index in [4.69, 9.17) is 0 Å². The van der Waals surface area contributed by atoms with Crippen LogP contribution in [0.15, 0.2) is 75.7 Å². The van der Waals surface area contributed by atoms with E-state index < -0.39 is 0 Å². The van der Waals surface area contributed by atoms with E-state index in [2.05, 4.69) is 15.3 Å². The van der Waals surface area contributed by atoms with Crippen molar-refractivity contribution in [2.45, 2.75) is 13.8 Å². The summed E-state index contributed by atoms with van der Waals surface area (Å²) in [6, 6.07) is 18.4. The van der Waals surface area contributed by atoms with Crippen LogP contribution in [-0.4, -0.2) is 19.1 Å². The Hall–Kier alpha value is -2.94. The third-order valence-corrected chi connectivity index (χ3v) is 4.76. The molecule has 0 N–H and O–H groups in total. The maximum atomic E-state index is 12.9. The van der Waals surface area contributed by atoms with Crippen LogP contribution in [0.4, 0.5) is 11.4 Å². The Morgan fingerprint density at radius 1 is 0.867 bits per heavy atom. The fourth-order valence-corrected chi connectivity index (χ4v) is 3.13. The standard InChI is InChI=1S/C21H20N6O2.Na/c1-14-18(20(28)26(24-14)16-10-6-4-7-11-16)22-23-19-15(2)25(3)27(21(19)29)17-12-8-5-9-13-17;/h4-13,28H,1-3H3;/q;+1/p-1. The van der Waals surface area contributed by atoms with Crippen molar-refractivity contribution < 1.29 is 34.7 Å². The van der Waals surface area contributed by atoms with E-state index in [0.717, 1.165) is 5.69 Å². The number of azo groups is 1. The third-order valence-electron chi connectivity index (χ3n) is 4.76. The molecule has 0 unspecified atom stereocenters. The van der Waals surface area contributed by atoms with Crippen LogP contribution < -0.4 is 40.2 Å². The van der Waals surface area contributed by atoms with Crippen LogP contribution >= 0.6 is 0 Å². The van der Waals surface area contributed by atoms with Gasteiger partial charge in [0.15, 0.2) is 5.69 Å². The van der Waals surface area contributed by atoms with E-state index in [1.807, 2.05) is 48.5 Å². The average Bonchev–Trinajstić information content (AvgIpc) is 3.14. The van der Waals surface area contributed by atoms with Gasteiger partial charge in [-0.1, -0.05) is 36.4 Å². The second-order valence-corrected chi connectivity index (χ2v) is 6.60. The fraction of sp³-hybridized carbons (Fsp3) is 0.143. The van der Waals surface area contributed by atoms with Gasteiger partial charge < -0.3 is 5.11 Å². The van der Waals surface area contributed by atoms with E-state index >= 15 is 0 Å². The molecule has 4 aromatic rings. The summed E-state index contributed by atoms with van der Waals surface area (Å²) in [6.45, 7) is 3.48. The van der Waals surface area contributed by atoms with Crippen molar-refractivity contribution in [2.75, 3.05) is 0 Å². The molecule has 9 heteroatoms. The number of rotatable bonds is 4. The predicted octanol–water partition coefficient (Wildman–Crippen LogP) is 0.472. The van der Waals surface area contributed by atoms with Crippen LogP contribution in [-0.2, 0) is 7.05 Å². The summed E-state index contributed by atoms with van der Waals surface area (Å²) in [6.07, 6.45) is 0. The maximum Gasteiger partial charge on any atom is 1.00 e. The number of aromatic nitrogens is 4. The number of hydrogen-bond acceptors (Lipinski definition) is 5. The molecule has 146 valence electrons. The van der Waals surface area contributed by atoms with Gasteiger partial charge in [0.05, 0.1) is 22.8 Å². The van der Waals surface area contributed by atoms with E-state index in [1.54, 1.807) is 37.7 Å². The summed E-state index contributed by atoms with van der Waals surface area (Å²) in [5.74, 6) is -0.380. The summed E-state index contributed by atoms with van der Waals surface area (Å²) in [5.41, 5.74) is 2.44. The minimum Gasteiger partial charge on any atom is -0.857 e. The van der Waals surface area contributed by atoms with Crippen molar-refractivity contribution in [2.24, 2.45) is 17.3 Å². The molecular weight excluding hydrogens is 391 g/mol. The van der Waals surface area contributed by atoms with E-state index in [0.29, 0.717) is 17.1 Å². The summed E-state index contributed by atoms with van der Waals surface area (Å²) >= 11 is 0. The molecule has 2 aromatic carbocycles. The molecule has 0 fully saturated rings. The molecule has 8 nitrogen and oxygen atoms in total. The van der Waals surface area contributed by atoms with Crippen LogP contribution in [0.2, 0.25) is 0 Å². The van der Waals surface area contributed by atoms with Crippen molar-refractivity contribution in [1.29, 1.82) is 0 Å². The quantitative estimate of drug-likeness (QED) is 0.362. The first-order valence-electron chi connectivity index (χ1n) is 9.07. The number of aryl methyl sites for hydroxylation is 1. The molecule has 0 atom stereocenters.